The number of rotatable bonds is 1. The number of hydrogen-bond acceptors (Lipinski definition) is 4. The molecule has 1 aromatic carbocycles. The van der Waals surface area contributed by atoms with E-state index in [1.807, 2.05) is 12.1 Å². The summed E-state index contributed by atoms with van der Waals surface area (Å²) in [7, 11) is 0. The van der Waals surface area contributed by atoms with Crippen molar-refractivity contribution < 1.29 is 4.74 Å². The Morgan fingerprint density at radius 1 is 1.20 bits per heavy atom. The molecule has 0 saturated carbocycles. The summed E-state index contributed by atoms with van der Waals surface area (Å²) in [6.07, 6.45) is 0.272. The zero-order valence-corrected chi connectivity index (χ0v) is 11.1. The summed E-state index contributed by atoms with van der Waals surface area (Å²) in [4.78, 5) is 16.6. The number of morpholine rings is 1. The van der Waals surface area contributed by atoms with E-state index in [1.165, 1.54) is 0 Å². The van der Waals surface area contributed by atoms with E-state index in [4.69, 9.17) is 4.74 Å². The van der Waals surface area contributed by atoms with Gasteiger partial charge in [0.1, 0.15) is 0 Å². The predicted octanol–water partition coefficient (Wildman–Crippen LogP) is 0.705. The SMILES string of the molecule is O=c1ccc2ccc(N3CC4NCCOC4C3)cc2[nH]1. The molecule has 0 aliphatic carbocycles. The van der Waals surface area contributed by atoms with Gasteiger partial charge in [0.25, 0.3) is 0 Å². The molecule has 2 aliphatic heterocycles. The van der Waals surface area contributed by atoms with E-state index in [2.05, 4.69) is 27.3 Å². The molecule has 3 heterocycles. The Morgan fingerprint density at radius 2 is 2.10 bits per heavy atom. The number of aromatic amines is 1. The van der Waals surface area contributed by atoms with Gasteiger partial charge in [-0.15, -0.1) is 0 Å². The Kier molecular flexibility index (Phi) is 2.75. The highest BCUT2D eigenvalue weighted by Crippen LogP contribution is 2.25. The Balaban J connectivity index is 1.67. The molecular formula is C15H17N3O2. The predicted molar refractivity (Wildman–Crippen MR) is 78.3 cm³/mol. The fraction of sp³-hybridized carbons (Fsp3) is 0.400. The second-order valence-corrected chi connectivity index (χ2v) is 5.47. The highest BCUT2D eigenvalue weighted by molar-refractivity contribution is 5.82. The van der Waals surface area contributed by atoms with Crippen molar-refractivity contribution in [2.45, 2.75) is 12.1 Å². The van der Waals surface area contributed by atoms with Crippen LogP contribution in [0.15, 0.2) is 35.1 Å². The summed E-state index contributed by atoms with van der Waals surface area (Å²) in [6.45, 7) is 3.58. The van der Waals surface area contributed by atoms with E-state index in [1.54, 1.807) is 6.07 Å². The minimum Gasteiger partial charge on any atom is -0.373 e. The number of fused-ring (bicyclic) bond motifs is 2. The van der Waals surface area contributed by atoms with Crippen LogP contribution in [0.25, 0.3) is 10.9 Å². The summed E-state index contributed by atoms with van der Waals surface area (Å²) < 4.78 is 5.80. The summed E-state index contributed by atoms with van der Waals surface area (Å²) in [5, 5.41) is 4.56. The lowest BCUT2D eigenvalue weighted by Crippen LogP contribution is -2.47. The summed E-state index contributed by atoms with van der Waals surface area (Å²) in [6, 6.07) is 10.0. The molecule has 2 unspecified atom stereocenters. The third kappa shape index (κ3) is 1.99. The van der Waals surface area contributed by atoms with Crippen molar-refractivity contribution in [2.24, 2.45) is 0 Å². The van der Waals surface area contributed by atoms with Gasteiger partial charge in [-0.25, -0.2) is 0 Å². The third-order valence-electron chi connectivity index (χ3n) is 4.18. The third-order valence-corrected chi connectivity index (χ3v) is 4.18. The number of pyridine rings is 1. The molecule has 2 aliphatic rings. The van der Waals surface area contributed by atoms with Crippen molar-refractivity contribution in [2.75, 3.05) is 31.1 Å². The molecule has 5 nitrogen and oxygen atoms in total. The molecule has 2 N–H and O–H groups in total. The average Bonchev–Trinajstić information content (AvgIpc) is 2.90. The van der Waals surface area contributed by atoms with E-state index in [0.29, 0.717) is 6.04 Å². The van der Waals surface area contributed by atoms with Crippen LogP contribution in [0.4, 0.5) is 5.69 Å². The van der Waals surface area contributed by atoms with Crippen LogP contribution in [-0.4, -0.2) is 43.4 Å². The molecule has 104 valence electrons. The highest BCUT2D eigenvalue weighted by atomic mass is 16.5. The molecular weight excluding hydrogens is 254 g/mol. The smallest absolute Gasteiger partial charge is 0.248 e. The minimum absolute atomic E-state index is 0.0604. The molecule has 2 saturated heterocycles. The van der Waals surface area contributed by atoms with Gasteiger partial charge in [0, 0.05) is 31.4 Å². The van der Waals surface area contributed by atoms with Gasteiger partial charge in [-0.05, 0) is 23.6 Å². The lowest BCUT2D eigenvalue weighted by Gasteiger charge is -2.25. The van der Waals surface area contributed by atoms with Gasteiger partial charge in [0.15, 0.2) is 0 Å². The lowest BCUT2D eigenvalue weighted by molar-refractivity contribution is 0.0212. The van der Waals surface area contributed by atoms with E-state index in [-0.39, 0.29) is 11.7 Å². The van der Waals surface area contributed by atoms with Crippen LogP contribution in [-0.2, 0) is 4.74 Å². The zero-order valence-electron chi connectivity index (χ0n) is 11.1. The number of nitrogens with zero attached hydrogens (tertiary/aromatic N) is 1. The van der Waals surface area contributed by atoms with Crippen molar-refractivity contribution in [3.05, 3.63) is 40.7 Å². The van der Waals surface area contributed by atoms with Gasteiger partial charge in [0.05, 0.1) is 24.3 Å². The minimum atomic E-state index is -0.0604. The quantitative estimate of drug-likeness (QED) is 0.802. The number of anilines is 1. The van der Waals surface area contributed by atoms with Gasteiger partial charge in [0.2, 0.25) is 5.56 Å². The molecule has 0 bridgehead atoms. The Labute approximate surface area is 116 Å². The van der Waals surface area contributed by atoms with Crippen LogP contribution < -0.4 is 15.8 Å². The van der Waals surface area contributed by atoms with Crippen LogP contribution in [0, 0.1) is 0 Å². The molecule has 5 heteroatoms. The van der Waals surface area contributed by atoms with Gasteiger partial charge < -0.3 is 19.9 Å². The van der Waals surface area contributed by atoms with E-state index >= 15 is 0 Å². The topological polar surface area (TPSA) is 57.4 Å². The molecule has 0 radical (unpaired) electrons. The molecule has 2 fully saturated rings. The van der Waals surface area contributed by atoms with E-state index in [9.17, 15) is 4.79 Å². The Morgan fingerprint density at radius 3 is 3.00 bits per heavy atom. The molecule has 0 amide bonds. The first kappa shape index (κ1) is 11.9. The summed E-state index contributed by atoms with van der Waals surface area (Å²) in [5.41, 5.74) is 1.97. The van der Waals surface area contributed by atoms with Crippen molar-refractivity contribution >= 4 is 16.6 Å². The van der Waals surface area contributed by atoms with Crippen molar-refractivity contribution in [3.8, 4) is 0 Å². The highest BCUT2D eigenvalue weighted by Gasteiger charge is 2.35. The van der Waals surface area contributed by atoms with Gasteiger partial charge in [-0.3, -0.25) is 4.79 Å². The number of nitrogens with one attached hydrogen (secondary N) is 2. The second kappa shape index (κ2) is 4.61. The van der Waals surface area contributed by atoms with Gasteiger partial charge >= 0.3 is 0 Å². The first-order valence-corrected chi connectivity index (χ1v) is 7.03. The Hall–Kier alpha value is -1.85. The van der Waals surface area contributed by atoms with Crippen LogP contribution in [0.1, 0.15) is 0 Å². The molecule has 20 heavy (non-hydrogen) atoms. The standard InChI is InChI=1S/C15H17N3O2/c19-15-4-2-10-1-3-11(7-12(10)17-15)18-8-13-14(9-18)20-6-5-16-13/h1-4,7,13-14,16H,5-6,8-9H2,(H,17,19). The molecule has 0 spiro atoms. The number of hydrogen-bond donors (Lipinski definition) is 2. The average molecular weight is 271 g/mol. The summed E-state index contributed by atoms with van der Waals surface area (Å²) in [5.74, 6) is 0. The maximum Gasteiger partial charge on any atom is 0.248 e. The number of benzene rings is 1. The molecule has 2 atom stereocenters. The normalized spacial score (nSPS) is 25.9. The number of ether oxygens (including phenoxy) is 1. The maximum atomic E-state index is 11.4. The van der Waals surface area contributed by atoms with Gasteiger partial charge in [-0.2, -0.15) is 0 Å². The van der Waals surface area contributed by atoms with E-state index < -0.39 is 0 Å². The number of aromatic nitrogens is 1. The zero-order chi connectivity index (χ0) is 13.5. The first-order valence-electron chi connectivity index (χ1n) is 7.03. The van der Waals surface area contributed by atoms with Crippen LogP contribution in [0.5, 0.6) is 0 Å². The van der Waals surface area contributed by atoms with Crippen LogP contribution in [0.3, 0.4) is 0 Å². The van der Waals surface area contributed by atoms with Crippen molar-refractivity contribution in [3.63, 3.8) is 0 Å². The fourth-order valence-corrected chi connectivity index (χ4v) is 3.14. The van der Waals surface area contributed by atoms with E-state index in [0.717, 1.165) is 42.8 Å². The molecule has 4 rings (SSSR count). The maximum absolute atomic E-state index is 11.4. The first-order chi connectivity index (χ1) is 9.79. The van der Waals surface area contributed by atoms with Crippen molar-refractivity contribution in [1.29, 1.82) is 0 Å². The van der Waals surface area contributed by atoms with Gasteiger partial charge in [-0.1, -0.05) is 6.07 Å². The monoisotopic (exact) mass is 271 g/mol. The van der Waals surface area contributed by atoms with Crippen LogP contribution >= 0.6 is 0 Å². The Bertz CT molecular complexity index is 683. The summed E-state index contributed by atoms with van der Waals surface area (Å²) >= 11 is 0. The largest absolute Gasteiger partial charge is 0.373 e. The van der Waals surface area contributed by atoms with Crippen molar-refractivity contribution in [1.82, 2.24) is 10.3 Å². The molecule has 2 aromatic rings. The second-order valence-electron chi connectivity index (χ2n) is 5.47. The number of H-pyrrole nitrogens is 1. The molecule has 1 aromatic heterocycles. The lowest BCUT2D eigenvalue weighted by atomic mass is 10.2. The fourth-order valence-electron chi connectivity index (χ4n) is 3.14. The van der Waals surface area contributed by atoms with Crippen LogP contribution in [0.2, 0.25) is 0 Å².